The maximum absolute atomic E-state index is 10.4. The van der Waals surface area contributed by atoms with Gasteiger partial charge in [0, 0.05) is 13.1 Å². The lowest BCUT2D eigenvalue weighted by Crippen LogP contribution is -2.21. The molecule has 3 aromatic rings. The van der Waals surface area contributed by atoms with Crippen molar-refractivity contribution < 1.29 is 19.3 Å². The summed E-state index contributed by atoms with van der Waals surface area (Å²) in [5.41, 5.74) is 3.00. The van der Waals surface area contributed by atoms with Gasteiger partial charge in [-0.1, -0.05) is 48.5 Å². The van der Waals surface area contributed by atoms with Crippen molar-refractivity contribution >= 4 is 0 Å². The summed E-state index contributed by atoms with van der Waals surface area (Å²) in [4.78, 5) is 0. The third-order valence-corrected chi connectivity index (χ3v) is 4.63. The fourth-order valence-corrected chi connectivity index (χ4v) is 2.98. The monoisotopic (exact) mass is 393 g/mol. The molecule has 29 heavy (non-hydrogen) atoms. The van der Waals surface area contributed by atoms with E-state index < -0.39 is 6.10 Å². The maximum atomic E-state index is 10.4. The van der Waals surface area contributed by atoms with E-state index in [0.717, 1.165) is 22.4 Å². The van der Waals surface area contributed by atoms with Crippen molar-refractivity contribution in [2.75, 3.05) is 20.8 Å². The average Bonchev–Trinajstić information content (AvgIpc) is 2.78. The van der Waals surface area contributed by atoms with Crippen LogP contribution in [0.4, 0.5) is 0 Å². The Labute approximate surface area is 171 Å². The van der Waals surface area contributed by atoms with Gasteiger partial charge in [0.15, 0.2) is 11.5 Å². The maximum Gasteiger partial charge on any atom is 0.161 e. The molecule has 0 fully saturated rings. The Morgan fingerprint density at radius 2 is 1.59 bits per heavy atom. The van der Waals surface area contributed by atoms with E-state index in [1.54, 1.807) is 14.2 Å². The second kappa shape index (κ2) is 10.5. The van der Waals surface area contributed by atoms with Crippen LogP contribution in [0.1, 0.15) is 22.8 Å². The lowest BCUT2D eigenvalue weighted by Gasteiger charge is -2.15. The van der Waals surface area contributed by atoms with Gasteiger partial charge in [0.05, 0.1) is 20.3 Å². The van der Waals surface area contributed by atoms with Gasteiger partial charge in [0.1, 0.15) is 12.4 Å². The number of nitrogens with one attached hydrogen (secondary N) is 1. The normalized spacial score (nSPS) is 11.7. The Bertz CT molecular complexity index is 881. The summed E-state index contributed by atoms with van der Waals surface area (Å²) < 4.78 is 16.5. The molecule has 0 saturated heterocycles. The minimum absolute atomic E-state index is 0.443. The molecular weight excluding hydrogens is 366 g/mol. The molecule has 0 bridgehead atoms. The standard InChI is InChI=1S/C24H27NO4/c1-27-21-11-9-20(10-12-21)22(26)16-25-15-19-8-13-23(28-2)24(14-19)29-17-18-6-4-3-5-7-18/h3-14,22,25-26H,15-17H2,1-2H3. The van der Waals surface area contributed by atoms with Crippen molar-refractivity contribution in [1.29, 1.82) is 0 Å². The number of aliphatic hydroxyl groups excluding tert-OH is 1. The predicted molar refractivity (Wildman–Crippen MR) is 113 cm³/mol. The quantitative estimate of drug-likeness (QED) is 0.543. The third kappa shape index (κ3) is 5.98. The zero-order chi connectivity index (χ0) is 20.5. The lowest BCUT2D eigenvalue weighted by molar-refractivity contribution is 0.174. The Morgan fingerprint density at radius 1 is 0.828 bits per heavy atom. The van der Waals surface area contributed by atoms with Crippen LogP contribution in [0.15, 0.2) is 72.8 Å². The van der Waals surface area contributed by atoms with Gasteiger partial charge in [-0.15, -0.1) is 0 Å². The molecule has 152 valence electrons. The molecule has 0 radical (unpaired) electrons. The number of aliphatic hydroxyl groups is 1. The highest BCUT2D eigenvalue weighted by molar-refractivity contribution is 5.43. The number of ether oxygens (including phenoxy) is 3. The topological polar surface area (TPSA) is 60.0 Å². The molecule has 3 aromatic carbocycles. The van der Waals surface area contributed by atoms with E-state index in [0.29, 0.717) is 31.2 Å². The highest BCUT2D eigenvalue weighted by Gasteiger charge is 2.09. The summed E-state index contributed by atoms with van der Waals surface area (Å²) >= 11 is 0. The van der Waals surface area contributed by atoms with Crippen molar-refractivity contribution in [3.63, 3.8) is 0 Å². The minimum atomic E-state index is -0.590. The molecule has 0 aromatic heterocycles. The molecule has 0 heterocycles. The second-order valence-electron chi connectivity index (χ2n) is 6.68. The van der Waals surface area contributed by atoms with Crippen LogP contribution in [0, 0.1) is 0 Å². The molecule has 3 rings (SSSR count). The van der Waals surface area contributed by atoms with Crippen LogP contribution >= 0.6 is 0 Å². The van der Waals surface area contributed by atoms with Gasteiger partial charge in [0.25, 0.3) is 0 Å². The van der Waals surface area contributed by atoms with Crippen molar-refractivity contribution in [2.45, 2.75) is 19.3 Å². The van der Waals surface area contributed by atoms with Crippen molar-refractivity contribution in [3.8, 4) is 17.2 Å². The van der Waals surface area contributed by atoms with Gasteiger partial charge < -0.3 is 24.6 Å². The molecule has 0 saturated carbocycles. The fraction of sp³-hybridized carbons (Fsp3) is 0.250. The van der Waals surface area contributed by atoms with Gasteiger partial charge >= 0.3 is 0 Å². The van der Waals surface area contributed by atoms with Crippen LogP contribution in [-0.2, 0) is 13.2 Å². The van der Waals surface area contributed by atoms with Gasteiger partial charge in [-0.05, 0) is 41.0 Å². The van der Waals surface area contributed by atoms with Crippen LogP contribution in [-0.4, -0.2) is 25.9 Å². The second-order valence-corrected chi connectivity index (χ2v) is 6.68. The summed E-state index contributed by atoms with van der Waals surface area (Å²) in [6.45, 7) is 1.53. The molecule has 5 nitrogen and oxygen atoms in total. The number of hydrogen-bond acceptors (Lipinski definition) is 5. The largest absolute Gasteiger partial charge is 0.497 e. The van der Waals surface area contributed by atoms with Crippen LogP contribution in [0.25, 0.3) is 0 Å². The van der Waals surface area contributed by atoms with E-state index in [1.165, 1.54) is 0 Å². The first-order chi connectivity index (χ1) is 14.2. The Morgan fingerprint density at radius 3 is 2.28 bits per heavy atom. The van der Waals surface area contributed by atoms with E-state index in [4.69, 9.17) is 14.2 Å². The van der Waals surface area contributed by atoms with Crippen LogP contribution < -0.4 is 19.5 Å². The van der Waals surface area contributed by atoms with E-state index in [-0.39, 0.29) is 0 Å². The Kier molecular flexibility index (Phi) is 7.50. The van der Waals surface area contributed by atoms with Gasteiger partial charge in [-0.2, -0.15) is 0 Å². The highest BCUT2D eigenvalue weighted by Crippen LogP contribution is 2.29. The molecule has 1 atom stereocenters. The summed E-state index contributed by atoms with van der Waals surface area (Å²) in [6.07, 6.45) is -0.590. The molecule has 0 amide bonds. The Hall–Kier alpha value is -3.02. The molecule has 1 unspecified atom stereocenters. The number of hydrogen-bond donors (Lipinski definition) is 2. The zero-order valence-electron chi connectivity index (χ0n) is 16.8. The van der Waals surface area contributed by atoms with E-state index in [9.17, 15) is 5.11 Å². The summed E-state index contributed by atoms with van der Waals surface area (Å²) in [5.74, 6) is 2.17. The van der Waals surface area contributed by atoms with Crippen LogP contribution in [0.5, 0.6) is 17.2 Å². The number of benzene rings is 3. The summed E-state index contributed by atoms with van der Waals surface area (Å²) in [7, 11) is 3.26. The van der Waals surface area contributed by atoms with E-state index >= 15 is 0 Å². The molecule has 0 aliphatic heterocycles. The van der Waals surface area contributed by atoms with Gasteiger partial charge in [-0.3, -0.25) is 0 Å². The molecule has 2 N–H and O–H groups in total. The molecule has 0 aliphatic carbocycles. The summed E-state index contributed by atoms with van der Waals surface area (Å²) in [5, 5.41) is 13.7. The predicted octanol–water partition coefficient (Wildman–Crippen LogP) is 4.11. The smallest absolute Gasteiger partial charge is 0.161 e. The average molecular weight is 393 g/mol. The number of rotatable bonds is 10. The first kappa shape index (κ1) is 20.7. The van der Waals surface area contributed by atoms with E-state index in [1.807, 2.05) is 72.8 Å². The third-order valence-electron chi connectivity index (χ3n) is 4.63. The van der Waals surface area contributed by atoms with E-state index in [2.05, 4.69) is 5.32 Å². The SMILES string of the molecule is COc1ccc(C(O)CNCc2ccc(OC)c(OCc3ccccc3)c2)cc1. The fourth-order valence-electron chi connectivity index (χ4n) is 2.98. The van der Waals surface area contributed by atoms with Crippen LogP contribution in [0.3, 0.4) is 0 Å². The molecular formula is C24H27NO4. The molecule has 5 heteroatoms. The van der Waals surface area contributed by atoms with Crippen LogP contribution in [0.2, 0.25) is 0 Å². The van der Waals surface area contributed by atoms with Crippen molar-refractivity contribution in [3.05, 3.63) is 89.5 Å². The lowest BCUT2D eigenvalue weighted by atomic mass is 10.1. The van der Waals surface area contributed by atoms with Gasteiger partial charge in [-0.25, -0.2) is 0 Å². The first-order valence-corrected chi connectivity index (χ1v) is 9.56. The summed E-state index contributed by atoms with van der Waals surface area (Å²) in [6, 6.07) is 23.3. The van der Waals surface area contributed by atoms with Crippen molar-refractivity contribution in [2.24, 2.45) is 0 Å². The number of methoxy groups -OCH3 is 2. The zero-order valence-corrected chi connectivity index (χ0v) is 16.8. The first-order valence-electron chi connectivity index (χ1n) is 9.56. The minimum Gasteiger partial charge on any atom is -0.497 e. The molecule has 0 spiro atoms. The van der Waals surface area contributed by atoms with Crippen molar-refractivity contribution in [1.82, 2.24) is 5.32 Å². The van der Waals surface area contributed by atoms with Gasteiger partial charge in [0.2, 0.25) is 0 Å². The Balaban J connectivity index is 1.56. The highest BCUT2D eigenvalue weighted by atomic mass is 16.5. The molecule has 0 aliphatic rings.